The molecule has 1 saturated heterocycles. The standard InChI is InChI=1S/C24H31N5O.HI/c1-25-24(27-17-23(30)29-15-12-21-6-2-3-7-22(21)29)26-16-19-8-10-20(11-9-19)18-28-13-4-5-14-28;/h2-3,6-11H,4-5,12-18H2,1H3,(H2,25,26,27);1H. The Hall–Kier alpha value is -2.13. The van der Waals surface area contributed by atoms with Crippen molar-refractivity contribution in [3.8, 4) is 0 Å². The van der Waals surface area contributed by atoms with Crippen molar-refractivity contribution in [2.75, 3.05) is 38.1 Å². The number of likely N-dealkylation sites (tertiary alicyclic amines) is 1. The third-order valence-corrected chi connectivity index (χ3v) is 5.91. The first-order valence-corrected chi connectivity index (χ1v) is 10.9. The summed E-state index contributed by atoms with van der Waals surface area (Å²) >= 11 is 0. The van der Waals surface area contributed by atoms with Crippen LogP contribution in [-0.2, 0) is 24.3 Å². The van der Waals surface area contributed by atoms with Crippen LogP contribution < -0.4 is 15.5 Å². The number of benzene rings is 2. The summed E-state index contributed by atoms with van der Waals surface area (Å²) in [5.74, 6) is 0.700. The van der Waals surface area contributed by atoms with E-state index in [1.807, 2.05) is 23.1 Å². The van der Waals surface area contributed by atoms with E-state index in [-0.39, 0.29) is 36.4 Å². The molecule has 0 atom stereocenters. The molecule has 0 aliphatic carbocycles. The number of aliphatic imine (C=N–C) groups is 1. The quantitative estimate of drug-likeness (QED) is 0.341. The largest absolute Gasteiger partial charge is 0.352 e. The number of para-hydroxylation sites is 1. The average Bonchev–Trinajstić information content (AvgIpc) is 3.44. The van der Waals surface area contributed by atoms with Crippen LogP contribution in [0.3, 0.4) is 0 Å². The fraction of sp³-hybridized carbons (Fsp3) is 0.417. The molecule has 0 radical (unpaired) electrons. The molecule has 166 valence electrons. The van der Waals surface area contributed by atoms with Gasteiger partial charge in [0, 0.05) is 32.4 Å². The molecule has 0 aromatic heterocycles. The van der Waals surface area contributed by atoms with Crippen LogP contribution in [0.15, 0.2) is 53.5 Å². The van der Waals surface area contributed by atoms with Gasteiger partial charge in [-0.3, -0.25) is 14.7 Å². The van der Waals surface area contributed by atoms with Gasteiger partial charge in [-0.1, -0.05) is 42.5 Å². The van der Waals surface area contributed by atoms with E-state index in [0.717, 1.165) is 25.2 Å². The first kappa shape index (κ1) is 23.5. The van der Waals surface area contributed by atoms with Gasteiger partial charge in [0.2, 0.25) is 5.91 Å². The van der Waals surface area contributed by atoms with E-state index in [1.54, 1.807) is 7.05 Å². The summed E-state index contributed by atoms with van der Waals surface area (Å²) in [5.41, 5.74) is 4.82. The van der Waals surface area contributed by atoms with E-state index in [2.05, 4.69) is 50.9 Å². The number of hydrogen-bond acceptors (Lipinski definition) is 3. The van der Waals surface area contributed by atoms with Crippen LogP contribution in [0, 0.1) is 0 Å². The van der Waals surface area contributed by atoms with Gasteiger partial charge in [0.1, 0.15) is 0 Å². The van der Waals surface area contributed by atoms with Crippen LogP contribution in [0.5, 0.6) is 0 Å². The minimum Gasteiger partial charge on any atom is -0.352 e. The summed E-state index contributed by atoms with van der Waals surface area (Å²) in [7, 11) is 1.73. The molecule has 2 aromatic carbocycles. The molecule has 2 heterocycles. The molecule has 2 N–H and O–H groups in total. The van der Waals surface area contributed by atoms with Gasteiger partial charge >= 0.3 is 0 Å². The number of anilines is 1. The number of amides is 1. The summed E-state index contributed by atoms with van der Waals surface area (Å²) in [6, 6.07) is 16.9. The lowest BCUT2D eigenvalue weighted by molar-refractivity contribution is -0.117. The zero-order valence-corrected chi connectivity index (χ0v) is 20.5. The van der Waals surface area contributed by atoms with E-state index in [4.69, 9.17) is 0 Å². The predicted octanol–water partition coefficient (Wildman–Crippen LogP) is 3.15. The number of carbonyl (C=O) groups is 1. The van der Waals surface area contributed by atoms with Crippen molar-refractivity contribution in [3.05, 3.63) is 65.2 Å². The maximum atomic E-state index is 12.7. The molecule has 6 nitrogen and oxygen atoms in total. The zero-order chi connectivity index (χ0) is 20.8. The molecule has 2 aromatic rings. The van der Waals surface area contributed by atoms with Gasteiger partial charge in [-0.15, -0.1) is 24.0 Å². The Morgan fingerprint density at radius 3 is 2.42 bits per heavy atom. The minimum atomic E-state index is 0. The Morgan fingerprint density at radius 1 is 0.968 bits per heavy atom. The van der Waals surface area contributed by atoms with Gasteiger partial charge in [-0.2, -0.15) is 0 Å². The topological polar surface area (TPSA) is 60.0 Å². The maximum Gasteiger partial charge on any atom is 0.246 e. The highest BCUT2D eigenvalue weighted by Gasteiger charge is 2.23. The summed E-state index contributed by atoms with van der Waals surface area (Å²) < 4.78 is 0. The smallest absolute Gasteiger partial charge is 0.246 e. The maximum absolute atomic E-state index is 12.7. The molecule has 2 aliphatic heterocycles. The van der Waals surface area contributed by atoms with Crippen molar-refractivity contribution in [3.63, 3.8) is 0 Å². The lowest BCUT2D eigenvalue weighted by Crippen LogP contribution is -2.44. The molecule has 0 unspecified atom stereocenters. The molecule has 31 heavy (non-hydrogen) atoms. The van der Waals surface area contributed by atoms with Gasteiger partial charge < -0.3 is 15.5 Å². The monoisotopic (exact) mass is 533 g/mol. The number of hydrogen-bond donors (Lipinski definition) is 2. The Balaban J connectivity index is 0.00000272. The van der Waals surface area contributed by atoms with E-state index in [0.29, 0.717) is 12.5 Å². The lowest BCUT2D eigenvalue weighted by atomic mass is 10.1. The highest BCUT2D eigenvalue weighted by molar-refractivity contribution is 14.0. The van der Waals surface area contributed by atoms with Crippen molar-refractivity contribution in [2.45, 2.75) is 32.4 Å². The van der Waals surface area contributed by atoms with Crippen molar-refractivity contribution in [2.24, 2.45) is 4.99 Å². The fourth-order valence-corrected chi connectivity index (χ4v) is 4.22. The molecular weight excluding hydrogens is 501 g/mol. The number of rotatable bonds is 6. The molecule has 0 saturated carbocycles. The molecule has 1 amide bonds. The van der Waals surface area contributed by atoms with Crippen LogP contribution in [0.2, 0.25) is 0 Å². The third-order valence-electron chi connectivity index (χ3n) is 5.91. The molecular formula is C24H32IN5O. The van der Waals surface area contributed by atoms with Crippen molar-refractivity contribution < 1.29 is 4.79 Å². The zero-order valence-electron chi connectivity index (χ0n) is 18.1. The highest BCUT2D eigenvalue weighted by Crippen LogP contribution is 2.27. The number of nitrogens with zero attached hydrogens (tertiary/aromatic N) is 3. The Labute approximate surface area is 202 Å². The predicted molar refractivity (Wildman–Crippen MR) is 137 cm³/mol. The number of nitrogens with one attached hydrogen (secondary N) is 2. The molecule has 2 aliphatic rings. The number of fused-ring (bicyclic) bond motifs is 1. The Bertz CT molecular complexity index is 893. The Kier molecular flexibility index (Phi) is 8.71. The van der Waals surface area contributed by atoms with Crippen LogP contribution in [-0.4, -0.2) is 50.0 Å². The SMILES string of the molecule is CN=C(NCC(=O)N1CCc2ccccc21)NCc1ccc(CN2CCCC2)cc1.I. The Morgan fingerprint density at radius 2 is 1.68 bits per heavy atom. The van der Waals surface area contributed by atoms with Gasteiger partial charge in [-0.05, 0) is 55.1 Å². The summed E-state index contributed by atoms with van der Waals surface area (Å²) in [6.45, 7) is 5.11. The molecule has 4 rings (SSSR count). The summed E-state index contributed by atoms with van der Waals surface area (Å²) in [5, 5.41) is 6.45. The normalized spacial score (nSPS) is 16.0. The first-order chi connectivity index (χ1) is 14.7. The van der Waals surface area contributed by atoms with Crippen molar-refractivity contribution in [1.82, 2.24) is 15.5 Å². The van der Waals surface area contributed by atoms with Crippen LogP contribution in [0.1, 0.15) is 29.5 Å². The molecule has 0 bridgehead atoms. The second kappa shape index (κ2) is 11.5. The van der Waals surface area contributed by atoms with Crippen LogP contribution >= 0.6 is 24.0 Å². The number of carbonyl (C=O) groups excluding carboxylic acids is 1. The van der Waals surface area contributed by atoms with Crippen LogP contribution in [0.25, 0.3) is 0 Å². The van der Waals surface area contributed by atoms with Crippen molar-refractivity contribution >= 4 is 41.5 Å². The van der Waals surface area contributed by atoms with Gasteiger partial charge in [0.25, 0.3) is 0 Å². The third kappa shape index (κ3) is 6.20. The minimum absolute atomic E-state index is 0. The summed E-state index contributed by atoms with van der Waals surface area (Å²) in [6.07, 6.45) is 3.56. The fourth-order valence-electron chi connectivity index (χ4n) is 4.22. The van der Waals surface area contributed by atoms with E-state index in [9.17, 15) is 4.79 Å². The lowest BCUT2D eigenvalue weighted by Gasteiger charge is -2.19. The number of halogens is 1. The van der Waals surface area contributed by atoms with Crippen LogP contribution in [0.4, 0.5) is 5.69 Å². The molecule has 7 heteroatoms. The van der Waals surface area contributed by atoms with Crippen molar-refractivity contribution in [1.29, 1.82) is 0 Å². The van der Waals surface area contributed by atoms with Gasteiger partial charge in [-0.25, -0.2) is 0 Å². The van der Waals surface area contributed by atoms with E-state index in [1.165, 1.54) is 42.6 Å². The molecule has 0 spiro atoms. The van der Waals surface area contributed by atoms with Gasteiger partial charge in [0.05, 0.1) is 6.54 Å². The average molecular weight is 533 g/mol. The second-order valence-corrected chi connectivity index (χ2v) is 8.00. The summed E-state index contributed by atoms with van der Waals surface area (Å²) in [4.78, 5) is 21.3. The van der Waals surface area contributed by atoms with E-state index < -0.39 is 0 Å². The highest BCUT2D eigenvalue weighted by atomic mass is 127. The second-order valence-electron chi connectivity index (χ2n) is 8.00. The molecule has 1 fully saturated rings. The number of guanidine groups is 1. The van der Waals surface area contributed by atoms with E-state index >= 15 is 0 Å². The first-order valence-electron chi connectivity index (χ1n) is 10.9. The van der Waals surface area contributed by atoms with Gasteiger partial charge in [0.15, 0.2) is 5.96 Å².